The van der Waals surface area contributed by atoms with E-state index >= 15 is 0 Å². The molecule has 0 radical (unpaired) electrons. The van der Waals surface area contributed by atoms with Crippen molar-refractivity contribution in [1.29, 1.82) is 0 Å². The van der Waals surface area contributed by atoms with Crippen LogP contribution >= 0.6 is 21.4 Å². The summed E-state index contributed by atoms with van der Waals surface area (Å²) in [4.78, 5) is 12.3. The van der Waals surface area contributed by atoms with Crippen LogP contribution in [0.3, 0.4) is 0 Å². The summed E-state index contributed by atoms with van der Waals surface area (Å²) in [5.74, 6) is 0. The Kier molecular flexibility index (Phi) is 3.91. The van der Waals surface area contributed by atoms with Crippen LogP contribution in [0, 0.1) is 0 Å². The second-order valence-corrected chi connectivity index (χ2v) is 10.3. The van der Waals surface area contributed by atoms with Crippen LogP contribution in [-0.4, -0.2) is 21.4 Å². The minimum absolute atomic E-state index is 0.107. The highest BCUT2D eigenvalue weighted by Gasteiger charge is 2.17. The van der Waals surface area contributed by atoms with Gasteiger partial charge in [0, 0.05) is 39.2 Å². The second kappa shape index (κ2) is 5.45. The first-order chi connectivity index (χ1) is 11.0. The zero-order chi connectivity index (χ0) is 17.9. The molecular formula is C14H9Cl2NO5S2. The van der Waals surface area contributed by atoms with Gasteiger partial charge in [0.25, 0.3) is 18.1 Å². The molecule has 3 aromatic rings. The fraction of sp³-hybridized carbons (Fsp3) is 0.0714. The molecule has 10 heteroatoms. The highest BCUT2D eigenvalue weighted by Crippen LogP contribution is 2.25. The third-order valence-electron chi connectivity index (χ3n) is 3.71. The smallest absolute Gasteiger partial charge is 0.261 e. The lowest BCUT2D eigenvalue weighted by Gasteiger charge is -2.11. The van der Waals surface area contributed by atoms with Crippen molar-refractivity contribution in [3.05, 3.63) is 46.6 Å². The fourth-order valence-corrected chi connectivity index (χ4v) is 4.11. The van der Waals surface area contributed by atoms with Crippen molar-refractivity contribution in [2.24, 2.45) is 7.05 Å². The average molecular weight is 406 g/mol. The molecule has 0 aliphatic heterocycles. The van der Waals surface area contributed by atoms with Gasteiger partial charge in [-0.3, -0.25) is 4.79 Å². The molecule has 0 aliphatic rings. The van der Waals surface area contributed by atoms with Gasteiger partial charge in [-0.2, -0.15) is 0 Å². The van der Waals surface area contributed by atoms with E-state index in [4.69, 9.17) is 21.4 Å². The van der Waals surface area contributed by atoms with Crippen molar-refractivity contribution < 1.29 is 16.8 Å². The van der Waals surface area contributed by atoms with Crippen LogP contribution in [0.2, 0.25) is 0 Å². The number of pyridine rings is 1. The Hall–Kier alpha value is -1.61. The van der Waals surface area contributed by atoms with Crippen molar-refractivity contribution in [3.8, 4) is 0 Å². The zero-order valence-corrected chi connectivity index (χ0v) is 15.2. The maximum absolute atomic E-state index is 12.7. The van der Waals surface area contributed by atoms with Crippen LogP contribution < -0.4 is 5.43 Å². The van der Waals surface area contributed by atoms with Gasteiger partial charge >= 0.3 is 0 Å². The molecule has 0 spiro atoms. The van der Waals surface area contributed by atoms with Gasteiger partial charge in [0.2, 0.25) is 0 Å². The maximum Gasteiger partial charge on any atom is 0.261 e. The Morgan fingerprint density at radius 2 is 1.17 bits per heavy atom. The molecule has 0 atom stereocenters. The third kappa shape index (κ3) is 2.79. The number of hydrogen-bond acceptors (Lipinski definition) is 5. The van der Waals surface area contributed by atoms with Crippen molar-refractivity contribution in [3.63, 3.8) is 0 Å². The minimum atomic E-state index is -4.00. The highest BCUT2D eigenvalue weighted by molar-refractivity contribution is 8.14. The van der Waals surface area contributed by atoms with E-state index < -0.39 is 23.5 Å². The molecule has 0 N–H and O–H groups in total. The zero-order valence-electron chi connectivity index (χ0n) is 12.0. The summed E-state index contributed by atoms with van der Waals surface area (Å²) in [6.07, 6.45) is 0. The van der Waals surface area contributed by atoms with E-state index in [0.29, 0.717) is 11.0 Å². The molecule has 3 rings (SSSR count). The summed E-state index contributed by atoms with van der Waals surface area (Å²) in [5.41, 5.74) is 0.457. The fourth-order valence-electron chi connectivity index (χ4n) is 2.56. The van der Waals surface area contributed by atoms with Crippen LogP contribution in [0.5, 0.6) is 0 Å². The van der Waals surface area contributed by atoms with E-state index in [1.807, 2.05) is 0 Å². The van der Waals surface area contributed by atoms with E-state index in [9.17, 15) is 21.6 Å². The Labute approximate surface area is 146 Å². The molecule has 0 bridgehead atoms. The maximum atomic E-state index is 12.7. The Morgan fingerprint density at radius 1 is 0.792 bits per heavy atom. The van der Waals surface area contributed by atoms with Crippen LogP contribution in [-0.2, 0) is 25.1 Å². The van der Waals surface area contributed by atoms with Gasteiger partial charge < -0.3 is 4.57 Å². The molecule has 0 aliphatic carbocycles. The summed E-state index contributed by atoms with van der Waals surface area (Å²) in [6.45, 7) is 0. The Bertz CT molecular complexity index is 1180. The van der Waals surface area contributed by atoms with Crippen LogP contribution in [0.15, 0.2) is 51.0 Å². The SMILES string of the molecule is Cn1c2ccc(S(=O)(=O)Cl)cc2c(=O)c2cc(S(=O)(=O)Cl)ccc21. The number of halogens is 2. The molecule has 2 aromatic carbocycles. The van der Waals surface area contributed by atoms with Gasteiger partial charge in [-0.1, -0.05) is 0 Å². The van der Waals surface area contributed by atoms with Crippen molar-refractivity contribution >= 4 is 61.3 Å². The van der Waals surface area contributed by atoms with Gasteiger partial charge in [-0.25, -0.2) is 16.8 Å². The van der Waals surface area contributed by atoms with Crippen molar-refractivity contribution in [2.75, 3.05) is 0 Å². The molecule has 0 unspecified atom stereocenters. The first-order valence-corrected chi connectivity index (χ1v) is 11.1. The normalized spacial score (nSPS) is 12.8. The lowest BCUT2D eigenvalue weighted by molar-refractivity contribution is 0.608. The molecule has 1 heterocycles. The Balaban J connectivity index is 2.53. The van der Waals surface area contributed by atoms with Crippen molar-refractivity contribution in [1.82, 2.24) is 4.57 Å². The van der Waals surface area contributed by atoms with Crippen molar-refractivity contribution in [2.45, 2.75) is 9.79 Å². The molecule has 0 saturated heterocycles. The monoisotopic (exact) mass is 405 g/mol. The summed E-state index contributed by atoms with van der Waals surface area (Å²) in [6, 6.07) is 7.87. The first kappa shape index (κ1) is 17.2. The lowest BCUT2D eigenvalue weighted by Crippen LogP contribution is -2.10. The van der Waals surface area contributed by atoms with Crippen LogP contribution in [0.25, 0.3) is 21.8 Å². The molecule has 1 aromatic heterocycles. The van der Waals surface area contributed by atoms with E-state index in [1.54, 1.807) is 11.6 Å². The van der Waals surface area contributed by atoms with E-state index in [1.165, 1.54) is 36.4 Å². The van der Waals surface area contributed by atoms with Gasteiger partial charge in [0.1, 0.15) is 0 Å². The summed E-state index contributed by atoms with van der Waals surface area (Å²) in [5, 5.41) is 0.215. The molecule has 0 fully saturated rings. The molecule has 126 valence electrons. The summed E-state index contributed by atoms with van der Waals surface area (Å²) >= 11 is 0. The van der Waals surface area contributed by atoms with Crippen LogP contribution in [0.1, 0.15) is 0 Å². The van der Waals surface area contributed by atoms with Gasteiger partial charge in [-0.05, 0) is 36.4 Å². The quantitative estimate of drug-likeness (QED) is 0.482. The second-order valence-electron chi connectivity index (χ2n) is 5.12. The minimum Gasteiger partial charge on any atom is -0.343 e. The molecule has 0 amide bonds. The predicted molar refractivity (Wildman–Crippen MR) is 92.8 cm³/mol. The number of hydrogen-bond donors (Lipinski definition) is 0. The molecular weight excluding hydrogens is 397 g/mol. The third-order valence-corrected chi connectivity index (χ3v) is 6.41. The van der Waals surface area contributed by atoms with Crippen LogP contribution in [0.4, 0.5) is 0 Å². The molecule has 0 saturated carbocycles. The number of fused-ring (bicyclic) bond motifs is 2. The molecule has 24 heavy (non-hydrogen) atoms. The van der Waals surface area contributed by atoms with E-state index in [0.717, 1.165) is 0 Å². The highest BCUT2D eigenvalue weighted by atomic mass is 35.7. The number of rotatable bonds is 2. The Morgan fingerprint density at radius 3 is 1.50 bits per heavy atom. The summed E-state index contributed by atoms with van der Waals surface area (Å²) in [7, 11) is 4.31. The van der Waals surface area contributed by atoms with Gasteiger partial charge in [0.05, 0.1) is 20.8 Å². The predicted octanol–water partition coefficient (Wildman–Crippen LogP) is 2.55. The number of aromatic nitrogens is 1. The average Bonchev–Trinajstić information content (AvgIpc) is 2.49. The molecule has 6 nitrogen and oxygen atoms in total. The van der Waals surface area contributed by atoms with E-state index in [2.05, 4.69) is 0 Å². The largest absolute Gasteiger partial charge is 0.343 e. The number of nitrogens with zero attached hydrogens (tertiary/aromatic N) is 1. The first-order valence-electron chi connectivity index (χ1n) is 6.46. The standard InChI is InChI=1S/C14H9Cl2NO5S2/c1-17-12-4-2-8(23(15,19)20)6-10(12)14(18)11-7-9(24(16,21)22)3-5-13(11)17/h2-7H,1H3. The topological polar surface area (TPSA) is 90.3 Å². The number of aryl methyl sites for hydroxylation is 1. The number of benzene rings is 2. The summed E-state index contributed by atoms with van der Waals surface area (Å²) < 4.78 is 47.6. The van der Waals surface area contributed by atoms with Gasteiger partial charge in [0.15, 0.2) is 5.43 Å². The van der Waals surface area contributed by atoms with E-state index in [-0.39, 0.29) is 20.6 Å². The lowest BCUT2D eigenvalue weighted by atomic mass is 10.1. The van der Waals surface area contributed by atoms with Gasteiger partial charge in [-0.15, -0.1) is 0 Å².